The number of nitrogens with zero attached hydrogens (tertiary/aromatic N) is 2. The maximum Gasteiger partial charge on any atom is 0.270 e. The van der Waals surface area contributed by atoms with Gasteiger partial charge in [-0.3, -0.25) is 10.1 Å². The largest absolute Gasteiger partial charge is 0.270 e. The Labute approximate surface area is 98.6 Å². The van der Waals surface area contributed by atoms with E-state index >= 15 is 0 Å². The Bertz CT molecular complexity index is 440. The highest BCUT2D eigenvalue weighted by molar-refractivity contribution is 6.20. The number of benzene rings is 1. The van der Waals surface area contributed by atoms with Crippen LogP contribution >= 0.6 is 11.6 Å². The molecular weight excluding hydrogens is 228 g/mol. The van der Waals surface area contributed by atoms with E-state index in [-0.39, 0.29) is 11.1 Å². The maximum atomic E-state index is 10.5. The van der Waals surface area contributed by atoms with E-state index in [0.29, 0.717) is 12.0 Å². The molecule has 0 saturated heterocycles. The van der Waals surface area contributed by atoms with Crippen LogP contribution in [-0.4, -0.2) is 10.3 Å². The molecule has 1 atom stereocenters. The molecule has 1 aromatic carbocycles. The van der Waals surface area contributed by atoms with Crippen LogP contribution in [0, 0.1) is 21.4 Å². The normalized spacial score (nSPS) is 11.8. The molecule has 0 radical (unpaired) electrons. The summed E-state index contributed by atoms with van der Waals surface area (Å²) in [6.45, 7) is 1.95. The number of hydrogen-bond donors (Lipinski definition) is 0. The van der Waals surface area contributed by atoms with Gasteiger partial charge >= 0.3 is 0 Å². The summed E-state index contributed by atoms with van der Waals surface area (Å²) in [5.41, 5.74) is 1.02. The molecule has 16 heavy (non-hydrogen) atoms. The maximum absolute atomic E-state index is 10.5. The van der Waals surface area contributed by atoms with Gasteiger partial charge in [0, 0.05) is 17.5 Å². The van der Waals surface area contributed by atoms with Crippen LogP contribution in [0.3, 0.4) is 0 Å². The van der Waals surface area contributed by atoms with Crippen LogP contribution in [0.4, 0.5) is 5.69 Å². The molecule has 0 aliphatic rings. The summed E-state index contributed by atoms with van der Waals surface area (Å²) in [6, 6.07) is 6.24. The topological polar surface area (TPSA) is 66.9 Å². The lowest BCUT2D eigenvalue weighted by atomic mass is 10.0. The number of halogens is 1. The van der Waals surface area contributed by atoms with Gasteiger partial charge in [0.15, 0.2) is 0 Å². The Balaban J connectivity index is 3.03. The van der Waals surface area contributed by atoms with Gasteiger partial charge in [-0.15, -0.1) is 11.6 Å². The Morgan fingerprint density at radius 3 is 2.81 bits per heavy atom. The highest BCUT2D eigenvalue weighted by atomic mass is 35.5. The molecule has 5 heteroatoms. The number of nitro benzene ring substituents is 1. The second-order valence-corrected chi connectivity index (χ2v) is 4.04. The van der Waals surface area contributed by atoms with Crippen LogP contribution in [0.25, 0.3) is 0 Å². The minimum Gasteiger partial charge on any atom is -0.258 e. The van der Waals surface area contributed by atoms with Gasteiger partial charge < -0.3 is 0 Å². The van der Waals surface area contributed by atoms with Gasteiger partial charge in [-0.05, 0) is 18.4 Å². The van der Waals surface area contributed by atoms with Gasteiger partial charge in [0.05, 0.1) is 16.6 Å². The third kappa shape index (κ3) is 2.94. The van der Waals surface area contributed by atoms with Crippen molar-refractivity contribution in [1.82, 2.24) is 0 Å². The molecular formula is C11H11ClN2O2. The molecule has 0 amide bonds. The van der Waals surface area contributed by atoms with Gasteiger partial charge in [-0.25, -0.2) is 0 Å². The third-order valence-electron chi connectivity index (χ3n) is 2.31. The lowest BCUT2D eigenvalue weighted by Crippen LogP contribution is -2.03. The van der Waals surface area contributed by atoms with Gasteiger partial charge in [-0.1, -0.05) is 13.0 Å². The first-order chi connectivity index (χ1) is 7.58. The molecule has 4 nitrogen and oxygen atoms in total. The molecule has 0 heterocycles. The first-order valence-electron chi connectivity index (χ1n) is 4.90. The van der Waals surface area contributed by atoms with Crippen molar-refractivity contribution < 1.29 is 4.92 Å². The summed E-state index contributed by atoms with van der Waals surface area (Å²) >= 11 is 5.99. The first kappa shape index (κ1) is 12.5. The number of rotatable bonds is 4. The average Bonchev–Trinajstić information content (AvgIpc) is 2.29. The predicted octanol–water partition coefficient (Wildman–Crippen LogP) is 3.03. The molecule has 1 rings (SSSR count). The minimum atomic E-state index is -0.511. The smallest absolute Gasteiger partial charge is 0.258 e. The van der Waals surface area contributed by atoms with E-state index in [1.807, 2.05) is 13.0 Å². The summed E-state index contributed by atoms with van der Waals surface area (Å²) in [4.78, 5) is 10.0. The molecule has 0 spiro atoms. The molecule has 84 valence electrons. The van der Waals surface area contributed by atoms with Crippen LogP contribution < -0.4 is 0 Å². The van der Waals surface area contributed by atoms with E-state index in [9.17, 15) is 10.1 Å². The highest BCUT2D eigenvalue weighted by Crippen LogP contribution is 2.20. The predicted molar refractivity (Wildman–Crippen MR) is 61.4 cm³/mol. The zero-order valence-corrected chi connectivity index (χ0v) is 9.57. The van der Waals surface area contributed by atoms with E-state index < -0.39 is 4.92 Å². The quantitative estimate of drug-likeness (QED) is 0.460. The van der Waals surface area contributed by atoms with Crippen LogP contribution in [-0.2, 0) is 6.42 Å². The summed E-state index contributed by atoms with van der Waals surface area (Å²) in [5.74, 6) is 0. The van der Waals surface area contributed by atoms with E-state index in [4.69, 9.17) is 16.9 Å². The third-order valence-corrected chi connectivity index (χ3v) is 2.77. The van der Waals surface area contributed by atoms with Gasteiger partial charge in [-0.2, -0.15) is 5.26 Å². The molecule has 0 bridgehead atoms. The van der Waals surface area contributed by atoms with Gasteiger partial charge in [0.1, 0.15) is 0 Å². The van der Waals surface area contributed by atoms with E-state index in [1.54, 1.807) is 6.07 Å². The molecule has 0 fully saturated rings. The van der Waals surface area contributed by atoms with Crippen molar-refractivity contribution in [3.63, 3.8) is 0 Å². The van der Waals surface area contributed by atoms with Crippen molar-refractivity contribution in [1.29, 1.82) is 5.26 Å². The lowest BCUT2D eigenvalue weighted by Gasteiger charge is -2.07. The first-order valence-corrected chi connectivity index (χ1v) is 5.33. The van der Waals surface area contributed by atoms with Crippen molar-refractivity contribution in [2.24, 2.45) is 0 Å². The summed E-state index contributed by atoms with van der Waals surface area (Å²) in [7, 11) is 0. The monoisotopic (exact) mass is 238 g/mol. The van der Waals surface area contributed by atoms with Crippen LogP contribution in [0.2, 0.25) is 0 Å². The standard InChI is InChI=1S/C11H11ClN2O2/c1-2-10(12)5-8-3-4-11(14(15)16)6-9(8)7-13/h3-4,6,10H,2,5H2,1H3. The van der Waals surface area contributed by atoms with Gasteiger partial charge in [0.2, 0.25) is 0 Å². The van der Waals surface area contributed by atoms with Crippen LogP contribution in [0.1, 0.15) is 24.5 Å². The summed E-state index contributed by atoms with van der Waals surface area (Å²) in [6.07, 6.45) is 1.35. The van der Waals surface area contributed by atoms with E-state index in [2.05, 4.69) is 0 Å². The number of non-ortho nitro benzene ring substituents is 1. The fourth-order valence-corrected chi connectivity index (χ4v) is 1.51. The number of hydrogen-bond acceptors (Lipinski definition) is 3. The van der Waals surface area contributed by atoms with Crippen molar-refractivity contribution >= 4 is 17.3 Å². The lowest BCUT2D eigenvalue weighted by molar-refractivity contribution is -0.384. The van der Waals surface area contributed by atoms with E-state index in [0.717, 1.165) is 12.0 Å². The number of nitriles is 1. The molecule has 0 N–H and O–H groups in total. The second-order valence-electron chi connectivity index (χ2n) is 3.42. The van der Waals surface area contributed by atoms with Crippen molar-refractivity contribution in [3.8, 4) is 6.07 Å². The molecule has 0 aliphatic carbocycles. The Morgan fingerprint density at radius 2 is 2.31 bits per heavy atom. The highest BCUT2D eigenvalue weighted by Gasteiger charge is 2.12. The minimum absolute atomic E-state index is 0.0476. The van der Waals surface area contributed by atoms with Crippen molar-refractivity contribution in [2.45, 2.75) is 25.1 Å². The molecule has 1 unspecified atom stereocenters. The van der Waals surface area contributed by atoms with Crippen molar-refractivity contribution in [2.75, 3.05) is 0 Å². The van der Waals surface area contributed by atoms with Crippen molar-refractivity contribution in [3.05, 3.63) is 39.4 Å². The fraction of sp³-hybridized carbons (Fsp3) is 0.364. The SMILES string of the molecule is CCC(Cl)Cc1ccc([N+](=O)[O-])cc1C#N. The molecule has 0 aromatic heterocycles. The average molecular weight is 239 g/mol. The zero-order valence-electron chi connectivity index (χ0n) is 8.81. The van der Waals surface area contributed by atoms with Crippen LogP contribution in [0.15, 0.2) is 18.2 Å². The molecule has 0 aliphatic heterocycles. The Kier molecular flexibility index (Phi) is 4.27. The molecule has 1 aromatic rings. The van der Waals surface area contributed by atoms with Gasteiger partial charge in [0.25, 0.3) is 5.69 Å². The summed E-state index contributed by atoms with van der Waals surface area (Å²) < 4.78 is 0. The molecule has 0 saturated carbocycles. The second kappa shape index (κ2) is 5.47. The Morgan fingerprint density at radius 1 is 1.62 bits per heavy atom. The van der Waals surface area contributed by atoms with E-state index in [1.165, 1.54) is 12.1 Å². The van der Waals surface area contributed by atoms with Crippen LogP contribution in [0.5, 0.6) is 0 Å². The number of alkyl halides is 1. The number of nitro groups is 1. The Hall–Kier alpha value is -1.60. The zero-order chi connectivity index (χ0) is 12.1. The fourth-order valence-electron chi connectivity index (χ4n) is 1.34. The summed E-state index contributed by atoms with van der Waals surface area (Å²) in [5, 5.41) is 19.4.